The molecule has 6 nitrogen and oxygen atoms in total. The van der Waals surface area contributed by atoms with E-state index in [0.29, 0.717) is 17.8 Å². The first-order valence-corrected chi connectivity index (χ1v) is 8.03. The van der Waals surface area contributed by atoms with Crippen molar-refractivity contribution >= 4 is 5.91 Å². The van der Waals surface area contributed by atoms with Crippen molar-refractivity contribution < 1.29 is 18.7 Å². The van der Waals surface area contributed by atoms with Crippen molar-refractivity contribution in [2.45, 2.75) is 37.8 Å². The van der Waals surface area contributed by atoms with Gasteiger partial charge >= 0.3 is 0 Å². The largest absolute Gasteiger partial charge is 0.468 e. The number of piperidine rings is 1. The first-order valence-electron chi connectivity index (χ1n) is 8.03. The molecule has 2 aliphatic heterocycles. The summed E-state index contributed by atoms with van der Waals surface area (Å²) in [6.07, 6.45) is 4.70. The molecular weight excluding hydrogens is 284 g/mol. The number of rotatable bonds is 5. The fourth-order valence-corrected chi connectivity index (χ4v) is 3.14. The lowest BCUT2D eigenvalue weighted by Crippen LogP contribution is -2.46. The molecule has 0 radical (unpaired) electrons. The highest BCUT2D eigenvalue weighted by molar-refractivity contribution is 5.91. The third-order valence-electron chi connectivity index (χ3n) is 4.41. The van der Waals surface area contributed by atoms with Crippen LogP contribution < -0.4 is 10.1 Å². The molecule has 0 unspecified atom stereocenters. The summed E-state index contributed by atoms with van der Waals surface area (Å²) in [6, 6.07) is 3.50. The molecule has 2 fully saturated rings. The fraction of sp³-hybridized carbons (Fsp3) is 0.688. The van der Waals surface area contributed by atoms with Gasteiger partial charge in [-0.05, 0) is 31.7 Å². The Morgan fingerprint density at radius 1 is 1.36 bits per heavy atom. The maximum absolute atomic E-state index is 12.1. The van der Waals surface area contributed by atoms with Crippen LogP contribution in [0.5, 0.6) is 5.95 Å². The number of furan rings is 1. The van der Waals surface area contributed by atoms with Crippen LogP contribution in [0.1, 0.15) is 36.2 Å². The Morgan fingerprint density at radius 2 is 2.18 bits per heavy atom. The summed E-state index contributed by atoms with van der Waals surface area (Å²) >= 11 is 0. The van der Waals surface area contributed by atoms with Crippen molar-refractivity contribution in [3.63, 3.8) is 0 Å². The summed E-state index contributed by atoms with van der Waals surface area (Å²) < 4.78 is 15.9. The zero-order valence-electron chi connectivity index (χ0n) is 13.0. The lowest BCUT2D eigenvalue weighted by atomic mass is 10.0. The average Bonchev–Trinajstić information content (AvgIpc) is 3.20. The molecule has 0 spiro atoms. The Morgan fingerprint density at radius 3 is 2.82 bits per heavy atom. The van der Waals surface area contributed by atoms with Gasteiger partial charge in [-0.3, -0.25) is 4.79 Å². The lowest BCUT2D eigenvalue weighted by molar-refractivity contribution is 0.0609. The molecule has 1 atom stereocenters. The van der Waals surface area contributed by atoms with Crippen LogP contribution in [0.15, 0.2) is 16.5 Å². The first-order chi connectivity index (χ1) is 10.7. The Labute approximate surface area is 130 Å². The van der Waals surface area contributed by atoms with Crippen molar-refractivity contribution in [3.05, 3.63) is 17.9 Å². The van der Waals surface area contributed by atoms with E-state index in [0.717, 1.165) is 39.1 Å². The molecule has 0 aromatic carbocycles. The molecular formula is C16H24N2O4. The Hall–Kier alpha value is -1.53. The number of carbonyl (C=O) groups is 1. The Kier molecular flexibility index (Phi) is 5.00. The lowest BCUT2D eigenvalue weighted by Gasteiger charge is -2.33. The quantitative estimate of drug-likeness (QED) is 0.896. The van der Waals surface area contributed by atoms with Crippen LogP contribution in [0.2, 0.25) is 0 Å². The van der Waals surface area contributed by atoms with E-state index in [1.165, 1.54) is 20.0 Å². The smallest absolute Gasteiger partial charge is 0.287 e. The van der Waals surface area contributed by atoms with Gasteiger partial charge in [0.2, 0.25) is 0 Å². The van der Waals surface area contributed by atoms with Crippen molar-refractivity contribution in [1.29, 1.82) is 0 Å². The molecule has 0 bridgehead atoms. The first kappa shape index (κ1) is 15.4. The topological polar surface area (TPSA) is 63.9 Å². The number of hydrogen-bond donors (Lipinski definition) is 1. The number of nitrogens with zero attached hydrogens (tertiary/aromatic N) is 1. The molecule has 1 aromatic heterocycles. The molecule has 3 rings (SSSR count). The van der Waals surface area contributed by atoms with Gasteiger partial charge in [-0.15, -0.1) is 0 Å². The standard InChI is InChI=1S/C16H24N2O4/c1-20-15-5-4-14(22-15)16(19)17-12-6-8-18(9-7-12)11-13-3-2-10-21-13/h4-5,12-13H,2-3,6-11H2,1H3,(H,17,19)/t13-/m0/s1. The fourth-order valence-electron chi connectivity index (χ4n) is 3.14. The predicted octanol–water partition coefficient (Wildman–Crippen LogP) is 1.66. The van der Waals surface area contributed by atoms with Crippen LogP contribution in [0.4, 0.5) is 0 Å². The zero-order chi connectivity index (χ0) is 15.4. The molecule has 2 aliphatic rings. The van der Waals surface area contributed by atoms with E-state index in [-0.39, 0.29) is 11.9 Å². The van der Waals surface area contributed by atoms with E-state index >= 15 is 0 Å². The van der Waals surface area contributed by atoms with Gasteiger partial charge in [-0.2, -0.15) is 0 Å². The van der Waals surface area contributed by atoms with Gasteiger partial charge in [0.15, 0.2) is 5.76 Å². The molecule has 22 heavy (non-hydrogen) atoms. The Bertz CT molecular complexity index is 488. The molecule has 6 heteroatoms. The highest BCUT2D eigenvalue weighted by atomic mass is 16.6. The predicted molar refractivity (Wildman–Crippen MR) is 81.2 cm³/mol. The minimum absolute atomic E-state index is 0.166. The molecule has 122 valence electrons. The second-order valence-corrected chi connectivity index (χ2v) is 6.01. The van der Waals surface area contributed by atoms with Gasteiger partial charge in [0.05, 0.1) is 13.2 Å². The summed E-state index contributed by atoms with van der Waals surface area (Å²) in [5.41, 5.74) is 0. The molecule has 1 N–H and O–H groups in total. The number of carbonyl (C=O) groups excluding carboxylic acids is 1. The average molecular weight is 308 g/mol. The molecule has 1 amide bonds. The maximum atomic E-state index is 12.1. The zero-order valence-corrected chi connectivity index (χ0v) is 13.0. The molecule has 1 aromatic rings. The van der Waals surface area contributed by atoms with E-state index in [2.05, 4.69) is 10.2 Å². The minimum atomic E-state index is -0.166. The van der Waals surface area contributed by atoms with E-state index in [1.807, 2.05) is 0 Å². The third-order valence-corrected chi connectivity index (χ3v) is 4.41. The van der Waals surface area contributed by atoms with Crippen LogP contribution in [0.3, 0.4) is 0 Å². The second-order valence-electron chi connectivity index (χ2n) is 6.01. The van der Waals surface area contributed by atoms with Gasteiger partial charge in [-0.1, -0.05) is 0 Å². The maximum Gasteiger partial charge on any atom is 0.287 e. The highest BCUT2D eigenvalue weighted by Crippen LogP contribution is 2.18. The van der Waals surface area contributed by atoms with Crippen LogP contribution in [0, 0.1) is 0 Å². The minimum Gasteiger partial charge on any atom is -0.468 e. The van der Waals surface area contributed by atoms with Crippen LogP contribution in [-0.2, 0) is 4.74 Å². The monoisotopic (exact) mass is 308 g/mol. The highest BCUT2D eigenvalue weighted by Gasteiger charge is 2.25. The number of ether oxygens (including phenoxy) is 2. The molecule has 0 aliphatic carbocycles. The molecule has 0 saturated carbocycles. The van der Waals surface area contributed by atoms with Gasteiger partial charge in [-0.25, -0.2) is 0 Å². The van der Waals surface area contributed by atoms with Crippen LogP contribution in [0.25, 0.3) is 0 Å². The Balaban J connectivity index is 1.42. The van der Waals surface area contributed by atoms with Crippen molar-refractivity contribution in [3.8, 4) is 5.95 Å². The van der Waals surface area contributed by atoms with Gasteiger partial charge in [0.1, 0.15) is 0 Å². The number of amides is 1. The van der Waals surface area contributed by atoms with Crippen LogP contribution in [-0.4, -0.2) is 56.3 Å². The summed E-state index contributed by atoms with van der Waals surface area (Å²) in [7, 11) is 1.52. The summed E-state index contributed by atoms with van der Waals surface area (Å²) in [6.45, 7) is 3.94. The molecule has 2 saturated heterocycles. The van der Waals surface area contributed by atoms with E-state index in [4.69, 9.17) is 13.9 Å². The summed E-state index contributed by atoms with van der Waals surface area (Å²) in [5, 5.41) is 3.04. The van der Waals surface area contributed by atoms with E-state index in [1.54, 1.807) is 12.1 Å². The number of hydrogen-bond acceptors (Lipinski definition) is 5. The number of likely N-dealkylation sites (tertiary alicyclic amines) is 1. The van der Waals surface area contributed by atoms with Gasteiger partial charge < -0.3 is 24.1 Å². The van der Waals surface area contributed by atoms with E-state index < -0.39 is 0 Å². The third kappa shape index (κ3) is 3.81. The SMILES string of the molecule is COc1ccc(C(=O)NC2CCN(C[C@@H]3CCCO3)CC2)o1. The van der Waals surface area contributed by atoms with Gasteiger partial charge in [0, 0.05) is 38.3 Å². The van der Waals surface area contributed by atoms with E-state index in [9.17, 15) is 4.79 Å². The van der Waals surface area contributed by atoms with Crippen LogP contribution >= 0.6 is 0 Å². The molecule has 3 heterocycles. The van der Waals surface area contributed by atoms with Crippen molar-refractivity contribution in [1.82, 2.24) is 10.2 Å². The summed E-state index contributed by atoms with van der Waals surface area (Å²) in [4.78, 5) is 14.5. The number of methoxy groups -OCH3 is 1. The number of nitrogens with one attached hydrogen (secondary N) is 1. The normalized spacial score (nSPS) is 23.6. The summed E-state index contributed by atoms with van der Waals surface area (Å²) in [5.74, 6) is 0.496. The van der Waals surface area contributed by atoms with Crippen molar-refractivity contribution in [2.75, 3.05) is 33.4 Å². The van der Waals surface area contributed by atoms with Crippen molar-refractivity contribution in [2.24, 2.45) is 0 Å². The second kappa shape index (κ2) is 7.15. The van der Waals surface area contributed by atoms with Gasteiger partial charge in [0.25, 0.3) is 11.9 Å².